The molecule has 2 aliphatic carbocycles. The lowest BCUT2D eigenvalue weighted by Gasteiger charge is -2.34. The smallest absolute Gasteiger partial charge is 0.161 e. The molecule has 0 spiro atoms. The molecule has 0 radical (unpaired) electrons. The zero-order valence-electron chi connectivity index (χ0n) is 13.2. The largest absolute Gasteiger partial charge is 0.493 e. The third-order valence-electron chi connectivity index (χ3n) is 4.99. The van der Waals surface area contributed by atoms with E-state index >= 15 is 0 Å². The molecule has 0 unspecified atom stereocenters. The average Bonchev–Trinajstić information content (AvgIpc) is 3.38. The van der Waals surface area contributed by atoms with E-state index in [-0.39, 0.29) is 6.04 Å². The summed E-state index contributed by atoms with van der Waals surface area (Å²) in [6.07, 6.45) is 5.94. The molecule has 2 N–H and O–H groups in total. The molecule has 118 valence electrons. The van der Waals surface area contributed by atoms with E-state index in [4.69, 9.17) is 15.2 Å². The Labute approximate surface area is 132 Å². The van der Waals surface area contributed by atoms with E-state index in [0.29, 0.717) is 5.92 Å². The molecule has 1 aromatic carbocycles. The van der Waals surface area contributed by atoms with Gasteiger partial charge in [0.05, 0.1) is 25.2 Å². The number of nitrogens with two attached hydrogens (primary N) is 1. The molecule has 2 aliphatic rings. The summed E-state index contributed by atoms with van der Waals surface area (Å²) >= 11 is 0. The predicted octanol–water partition coefficient (Wildman–Crippen LogP) is 3.15. The fourth-order valence-corrected chi connectivity index (χ4v) is 3.18. The maximum Gasteiger partial charge on any atom is 0.161 e. The molecule has 0 aromatic heterocycles. The Balaban J connectivity index is 1.85. The van der Waals surface area contributed by atoms with Crippen LogP contribution in [-0.2, 0) is 5.41 Å². The number of nitriles is 1. The van der Waals surface area contributed by atoms with Gasteiger partial charge < -0.3 is 15.2 Å². The van der Waals surface area contributed by atoms with Crippen LogP contribution in [0.4, 0.5) is 0 Å². The molecular weight excluding hydrogens is 276 g/mol. The van der Waals surface area contributed by atoms with Crippen LogP contribution in [0.1, 0.15) is 44.1 Å². The Morgan fingerprint density at radius 1 is 1.23 bits per heavy atom. The van der Waals surface area contributed by atoms with Gasteiger partial charge >= 0.3 is 0 Å². The Kier molecular flexibility index (Phi) is 4.26. The average molecular weight is 300 g/mol. The van der Waals surface area contributed by atoms with Crippen LogP contribution in [0.25, 0.3) is 0 Å². The summed E-state index contributed by atoms with van der Waals surface area (Å²) in [5, 5.41) is 9.76. The van der Waals surface area contributed by atoms with E-state index in [1.807, 2.05) is 18.2 Å². The fraction of sp³-hybridized carbons (Fsp3) is 0.611. The monoisotopic (exact) mass is 300 g/mol. The number of methoxy groups -OCH3 is 1. The molecule has 1 aromatic rings. The van der Waals surface area contributed by atoms with Crippen molar-refractivity contribution in [3.63, 3.8) is 0 Å². The van der Waals surface area contributed by atoms with Crippen molar-refractivity contribution in [2.24, 2.45) is 11.7 Å². The highest BCUT2D eigenvalue weighted by molar-refractivity contribution is 5.47. The first-order valence-corrected chi connectivity index (χ1v) is 8.15. The number of hydrogen-bond acceptors (Lipinski definition) is 4. The number of rotatable bonds is 5. The van der Waals surface area contributed by atoms with E-state index in [1.54, 1.807) is 7.11 Å². The molecule has 2 saturated carbocycles. The van der Waals surface area contributed by atoms with Crippen molar-refractivity contribution in [3.05, 3.63) is 23.8 Å². The SMILES string of the molecule is COc1ccc([C@]2(C#N)CC[C@@H](N)CC2)cc1OCC1CC1. The molecule has 4 heteroatoms. The van der Waals surface area contributed by atoms with Crippen molar-refractivity contribution >= 4 is 0 Å². The molecular formula is C18H24N2O2. The molecule has 0 aliphatic heterocycles. The van der Waals surface area contributed by atoms with Gasteiger partial charge in [-0.05, 0) is 62.1 Å². The number of hydrogen-bond donors (Lipinski definition) is 1. The van der Waals surface area contributed by atoms with Gasteiger partial charge in [-0.2, -0.15) is 5.26 Å². The van der Waals surface area contributed by atoms with E-state index in [9.17, 15) is 5.26 Å². The maximum atomic E-state index is 9.76. The molecule has 0 atom stereocenters. The normalized spacial score (nSPS) is 28.0. The van der Waals surface area contributed by atoms with Crippen LogP contribution in [0, 0.1) is 17.2 Å². The lowest BCUT2D eigenvalue weighted by molar-refractivity contribution is 0.278. The van der Waals surface area contributed by atoms with Gasteiger partial charge in [-0.1, -0.05) is 6.07 Å². The van der Waals surface area contributed by atoms with Gasteiger partial charge in [0, 0.05) is 6.04 Å². The van der Waals surface area contributed by atoms with Gasteiger partial charge in [0.15, 0.2) is 11.5 Å². The Morgan fingerprint density at radius 3 is 2.55 bits per heavy atom. The van der Waals surface area contributed by atoms with Crippen LogP contribution >= 0.6 is 0 Å². The summed E-state index contributed by atoms with van der Waals surface area (Å²) < 4.78 is 11.3. The quantitative estimate of drug-likeness (QED) is 0.907. The molecule has 22 heavy (non-hydrogen) atoms. The van der Waals surface area contributed by atoms with Gasteiger partial charge in [0.2, 0.25) is 0 Å². The summed E-state index contributed by atoms with van der Waals surface area (Å²) in [5.74, 6) is 2.19. The zero-order chi connectivity index (χ0) is 15.6. The van der Waals surface area contributed by atoms with E-state index in [1.165, 1.54) is 12.8 Å². The third-order valence-corrected chi connectivity index (χ3v) is 4.99. The van der Waals surface area contributed by atoms with Crippen molar-refractivity contribution in [1.82, 2.24) is 0 Å². The van der Waals surface area contributed by atoms with Crippen molar-refractivity contribution in [2.75, 3.05) is 13.7 Å². The van der Waals surface area contributed by atoms with Gasteiger partial charge in [-0.15, -0.1) is 0 Å². The molecule has 0 saturated heterocycles. The summed E-state index contributed by atoms with van der Waals surface area (Å²) in [5.41, 5.74) is 6.60. The Bertz CT molecular complexity index is 567. The van der Waals surface area contributed by atoms with E-state index in [2.05, 4.69) is 6.07 Å². The summed E-state index contributed by atoms with van der Waals surface area (Å²) in [6, 6.07) is 8.70. The predicted molar refractivity (Wildman–Crippen MR) is 84.9 cm³/mol. The first-order valence-electron chi connectivity index (χ1n) is 8.15. The highest BCUT2D eigenvalue weighted by Crippen LogP contribution is 2.42. The minimum Gasteiger partial charge on any atom is -0.493 e. The number of ether oxygens (including phenoxy) is 2. The number of nitrogens with zero attached hydrogens (tertiary/aromatic N) is 1. The third kappa shape index (κ3) is 3.05. The van der Waals surface area contributed by atoms with Crippen molar-refractivity contribution in [1.29, 1.82) is 5.26 Å². The molecule has 0 heterocycles. The minimum atomic E-state index is -0.431. The second-order valence-corrected chi connectivity index (χ2v) is 6.65. The Morgan fingerprint density at radius 2 is 1.95 bits per heavy atom. The van der Waals surface area contributed by atoms with Crippen molar-refractivity contribution in [3.8, 4) is 17.6 Å². The second kappa shape index (κ2) is 6.18. The van der Waals surface area contributed by atoms with Crippen LogP contribution in [0.5, 0.6) is 11.5 Å². The highest BCUT2D eigenvalue weighted by atomic mass is 16.5. The van der Waals surface area contributed by atoms with Crippen LogP contribution < -0.4 is 15.2 Å². The van der Waals surface area contributed by atoms with Crippen molar-refractivity contribution < 1.29 is 9.47 Å². The first-order chi connectivity index (χ1) is 10.7. The molecule has 4 nitrogen and oxygen atoms in total. The van der Waals surface area contributed by atoms with E-state index < -0.39 is 5.41 Å². The van der Waals surface area contributed by atoms with E-state index in [0.717, 1.165) is 49.4 Å². The summed E-state index contributed by atoms with van der Waals surface area (Å²) in [6.45, 7) is 0.740. The van der Waals surface area contributed by atoms with Crippen molar-refractivity contribution in [2.45, 2.75) is 50.0 Å². The van der Waals surface area contributed by atoms with Gasteiger partial charge in [0.1, 0.15) is 0 Å². The Hall–Kier alpha value is -1.73. The summed E-state index contributed by atoms with van der Waals surface area (Å²) in [4.78, 5) is 0. The van der Waals surface area contributed by atoms with Gasteiger partial charge in [-0.3, -0.25) is 0 Å². The van der Waals surface area contributed by atoms with Crippen LogP contribution in [0.3, 0.4) is 0 Å². The van der Waals surface area contributed by atoms with Crippen LogP contribution in [0.2, 0.25) is 0 Å². The van der Waals surface area contributed by atoms with Crippen LogP contribution in [0.15, 0.2) is 18.2 Å². The second-order valence-electron chi connectivity index (χ2n) is 6.65. The highest BCUT2D eigenvalue weighted by Gasteiger charge is 2.37. The lowest BCUT2D eigenvalue weighted by atomic mass is 9.69. The van der Waals surface area contributed by atoms with Gasteiger partial charge in [0.25, 0.3) is 0 Å². The topological polar surface area (TPSA) is 68.3 Å². The molecule has 0 bridgehead atoms. The minimum absolute atomic E-state index is 0.227. The molecule has 3 rings (SSSR count). The van der Waals surface area contributed by atoms with Gasteiger partial charge in [-0.25, -0.2) is 0 Å². The fourth-order valence-electron chi connectivity index (χ4n) is 3.18. The first kappa shape index (κ1) is 15.2. The maximum absolute atomic E-state index is 9.76. The summed E-state index contributed by atoms with van der Waals surface area (Å²) in [7, 11) is 1.65. The molecule has 0 amide bonds. The standard InChI is InChI=1S/C18H24N2O2/c1-21-16-5-4-14(10-17(16)22-11-13-2-3-13)18(12-19)8-6-15(20)7-9-18/h4-5,10,13,15H,2-3,6-9,11,20H2,1H3/t15-,18-. The lowest BCUT2D eigenvalue weighted by Crippen LogP contribution is -2.36. The zero-order valence-corrected chi connectivity index (χ0v) is 13.2. The number of benzene rings is 1. The van der Waals surface area contributed by atoms with Crippen LogP contribution in [-0.4, -0.2) is 19.8 Å². The molecule has 2 fully saturated rings.